The zero-order chi connectivity index (χ0) is 20.4. The number of piperidine rings is 1. The zero-order valence-corrected chi connectivity index (χ0v) is 20.8. The summed E-state index contributed by atoms with van der Waals surface area (Å²) >= 11 is 0. The monoisotopic (exact) mass is 538 g/mol. The minimum Gasteiger partial charge on any atom is -0.489 e. The van der Waals surface area contributed by atoms with Crippen molar-refractivity contribution in [3.63, 3.8) is 0 Å². The lowest BCUT2D eigenvalue weighted by atomic mass is 10.1. The summed E-state index contributed by atoms with van der Waals surface area (Å²) in [4.78, 5) is 4.30. The van der Waals surface area contributed by atoms with Crippen molar-refractivity contribution >= 4 is 40.0 Å². The van der Waals surface area contributed by atoms with Crippen molar-refractivity contribution in [3.8, 4) is 5.75 Å². The third-order valence-electron chi connectivity index (χ3n) is 4.87. The van der Waals surface area contributed by atoms with Crippen LogP contribution in [0.1, 0.15) is 39.5 Å². The van der Waals surface area contributed by atoms with Crippen LogP contribution < -0.4 is 15.4 Å². The Hall–Kier alpha value is -1.07. The molecule has 1 aliphatic heterocycles. The molecule has 9 heteroatoms. The van der Waals surface area contributed by atoms with Crippen molar-refractivity contribution in [2.75, 3.05) is 32.4 Å². The van der Waals surface area contributed by atoms with Crippen LogP contribution in [0.2, 0.25) is 0 Å². The Balaban J connectivity index is 0.00000420. The quantitative estimate of drug-likeness (QED) is 0.287. The highest BCUT2D eigenvalue weighted by molar-refractivity contribution is 14.0. The molecule has 1 aromatic rings. The van der Waals surface area contributed by atoms with E-state index < -0.39 is 10.0 Å². The van der Waals surface area contributed by atoms with Crippen molar-refractivity contribution in [3.05, 3.63) is 30.3 Å². The summed E-state index contributed by atoms with van der Waals surface area (Å²) in [6, 6.07) is 10.0. The third-order valence-corrected chi connectivity index (χ3v) is 6.95. The topological polar surface area (TPSA) is 83.0 Å². The van der Waals surface area contributed by atoms with E-state index in [4.69, 9.17) is 4.74 Å². The van der Waals surface area contributed by atoms with Crippen LogP contribution in [0.3, 0.4) is 0 Å². The maximum Gasteiger partial charge on any atom is 0.214 e. The summed E-state index contributed by atoms with van der Waals surface area (Å²) in [5.74, 6) is 1.82. The molecule has 29 heavy (non-hydrogen) atoms. The predicted octanol–water partition coefficient (Wildman–Crippen LogP) is 2.83. The van der Waals surface area contributed by atoms with Crippen molar-refractivity contribution in [1.29, 1.82) is 0 Å². The summed E-state index contributed by atoms with van der Waals surface area (Å²) < 4.78 is 32.0. The van der Waals surface area contributed by atoms with Gasteiger partial charge in [0.05, 0.1) is 12.3 Å². The van der Waals surface area contributed by atoms with E-state index in [0.29, 0.717) is 26.1 Å². The summed E-state index contributed by atoms with van der Waals surface area (Å²) in [6.07, 6.45) is 3.14. The van der Waals surface area contributed by atoms with Crippen molar-refractivity contribution in [2.45, 2.75) is 51.7 Å². The molecule has 2 N–H and O–H groups in total. The number of halogens is 1. The molecule has 0 saturated carbocycles. The summed E-state index contributed by atoms with van der Waals surface area (Å²) in [7, 11) is -1.36. The predicted molar refractivity (Wildman–Crippen MR) is 130 cm³/mol. The van der Waals surface area contributed by atoms with Gasteiger partial charge in [-0.15, -0.1) is 24.0 Å². The minimum absolute atomic E-state index is 0. The Morgan fingerprint density at radius 3 is 2.45 bits per heavy atom. The number of hydrogen-bond donors (Lipinski definition) is 2. The lowest BCUT2D eigenvalue weighted by molar-refractivity contribution is 0.199. The normalized spacial score (nSPS) is 17.3. The molecular formula is C20H35IN4O3S. The van der Waals surface area contributed by atoms with Gasteiger partial charge in [-0.3, -0.25) is 4.99 Å². The first-order chi connectivity index (χ1) is 13.5. The van der Waals surface area contributed by atoms with Crippen molar-refractivity contribution in [2.24, 2.45) is 4.99 Å². The Morgan fingerprint density at radius 2 is 1.90 bits per heavy atom. The number of benzene rings is 1. The summed E-state index contributed by atoms with van der Waals surface area (Å²) in [5.41, 5.74) is 0. The molecule has 7 nitrogen and oxygen atoms in total. The fourth-order valence-electron chi connectivity index (χ4n) is 3.22. The van der Waals surface area contributed by atoms with Crippen LogP contribution in [0.25, 0.3) is 0 Å². The molecule has 1 fully saturated rings. The van der Waals surface area contributed by atoms with E-state index in [9.17, 15) is 8.42 Å². The van der Waals surface area contributed by atoms with Gasteiger partial charge in [0.15, 0.2) is 5.96 Å². The number of hydrogen-bond acceptors (Lipinski definition) is 4. The molecule has 0 aromatic heterocycles. The summed E-state index contributed by atoms with van der Waals surface area (Å²) in [5, 5.41) is 6.75. The number of guanidine groups is 1. The highest BCUT2D eigenvalue weighted by atomic mass is 127. The first-order valence-corrected chi connectivity index (χ1v) is 11.8. The minimum atomic E-state index is -3.10. The number of para-hydroxylation sites is 1. The molecule has 1 saturated heterocycles. The second kappa shape index (κ2) is 13.3. The summed E-state index contributed by atoms with van der Waals surface area (Å²) in [6.45, 7) is 5.76. The van der Waals surface area contributed by atoms with Gasteiger partial charge >= 0.3 is 0 Å². The molecular weight excluding hydrogens is 503 g/mol. The van der Waals surface area contributed by atoms with E-state index in [0.717, 1.165) is 31.0 Å². The second-order valence-electron chi connectivity index (χ2n) is 7.05. The number of nitrogens with zero attached hydrogens (tertiary/aromatic N) is 2. The average molecular weight is 538 g/mol. The van der Waals surface area contributed by atoms with E-state index in [2.05, 4.69) is 22.5 Å². The molecule has 0 amide bonds. The largest absolute Gasteiger partial charge is 0.489 e. The van der Waals surface area contributed by atoms with E-state index >= 15 is 0 Å². The van der Waals surface area contributed by atoms with Gasteiger partial charge in [0.1, 0.15) is 11.9 Å². The molecule has 0 bridgehead atoms. The Kier molecular flexibility index (Phi) is 11.9. The number of aliphatic imine (C=N–C) groups is 1. The van der Waals surface area contributed by atoms with E-state index in [-0.39, 0.29) is 41.9 Å². The van der Waals surface area contributed by atoms with Crippen LogP contribution in [0.15, 0.2) is 35.3 Å². The van der Waals surface area contributed by atoms with E-state index in [1.165, 1.54) is 0 Å². The first-order valence-electron chi connectivity index (χ1n) is 10.1. The van der Waals surface area contributed by atoms with Crippen LogP contribution in [0, 0.1) is 0 Å². The Bertz CT molecular complexity index is 708. The lowest BCUT2D eigenvalue weighted by Crippen LogP contribution is -2.51. The standard InChI is InChI=1S/C20H34N4O3S.HI/c1-4-15-28(25,26)24-13-11-17(12-14-24)23-20(21-3)22-16-18(5-2)27-19-9-7-6-8-10-19;/h6-10,17-18H,4-5,11-16H2,1-3H3,(H2,21,22,23);1H. The molecule has 166 valence electrons. The molecule has 0 radical (unpaired) electrons. The molecule has 2 rings (SSSR count). The zero-order valence-electron chi connectivity index (χ0n) is 17.6. The smallest absolute Gasteiger partial charge is 0.214 e. The maximum absolute atomic E-state index is 12.2. The van der Waals surface area contributed by atoms with Gasteiger partial charge in [-0.05, 0) is 37.8 Å². The molecule has 1 unspecified atom stereocenters. The highest BCUT2D eigenvalue weighted by Gasteiger charge is 2.27. The fourth-order valence-corrected chi connectivity index (χ4v) is 4.77. The third kappa shape index (κ3) is 8.67. The van der Waals surface area contributed by atoms with Crippen LogP contribution in [0.4, 0.5) is 0 Å². The molecule has 1 aliphatic rings. The van der Waals surface area contributed by atoms with Gasteiger partial charge in [-0.2, -0.15) is 0 Å². The van der Waals surface area contributed by atoms with E-state index in [1.807, 2.05) is 37.3 Å². The Labute approximate surface area is 192 Å². The van der Waals surface area contributed by atoms with Gasteiger partial charge in [-0.25, -0.2) is 12.7 Å². The Morgan fingerprint density at radius 1 is 1.24 bits per heavy atom. The fraction of sp³-hybridized carbons (Fsp3) is 0.650. The van der Waals surface area contributed by atoms with Gasteiger partial charge in [0.2, 0.25) is 10.0 Å². The first kappa shape index (κ1) is 26.0. The van der Waals surface area contributed by atoms with Gasteiger partial charge < -0.3 is 15.4 Å². The van der Waals surface area contributed by atoms with E-state index in [1.54, 1.807) is 11.4 Å². The van der Waals surface area contributed by atoms with Crippen LogP contribution in [-0.4, -0.2) is 63.3 Å². The molecule has 1 aromatic carbocycles. The van der Waals surface area contributed by atoms with Crippen LogP contribution >= 0.6 is 24.0 Å². The molecule has 1 heterocycles. The lowest BCUT2D eigenvalue weighted by Gasteiger charge is -2.32. The van der Waals surface area contributed by atoms with Gasteiger partial charge in [-0.1, -0.05) is 32.0 Å². The van der Waals surface area contributed by atoms with Crippen molar-refractivity contribution < 1.29 is 13.2 Å². The number of ether oxygens (including phenoxy) is 1. The number of rotatable bonds is 9. The molecule has 1 atom stereocenters. The number of nitrogens with one attached hydrogen (secondary N) is 2. The molecule has 0 spiro atoms. The number of sulfonamides is 1. The van der Waals surface area contributed by atoms with Crippen molar-refractivity contribution in [1.82, 2.24) is 14.9 Å². The maximum atomic E-state index is 12.2. The average Bonchev–Trinajstić information content (AvgIpc) is 2.71. The van der Waals surface area contributed by atoms with Gasteiger partial charge in [0, 0.05) is 26.2 Å². The SMILES string of the molecule is CCCS(=O)(=O)N1CCC(NC(=NC)NCC(CC)Oc2ccccc2)CC1.I. The highest BCUT2D eigenvalue weighted by Crippen LogP contribution is 2.15. The van der Waals surface area contributed by atoms with Crippen LogP contribution in [0.5, 0.6) is 5.75 Å². The molecule has 0 aliphatic carbocycles. The van der Waals surface area contributed by atoms with Gasteiger partial charge in [0.25, 0.3) is 0 Å². The van der Waals surface area contributed by atoms with Crippen LogP contribution in [-0.2, 0) is 10.0 Å². The second-order valence-corrected chi connectivity index (χ2v) is 9.14.